The fraction of sp³-hybridized carbons (Fsp3) is 0.556. The summed E-state index contributed by atoms with van der Waals surface area (Å²) in [6.07, 6.45) is 13.3. The average molecular weight is 431 g/mol. The lowest BCUT2D eigenvalue weighted by Crippen LogP contribution is -2.17. The number of benzene rings is 2. The highest BCUT2D eigenvalue weighted by molar-refractivity contribution is 6.30. The maximum absolute atomic E-state index is 14.8. The topological polar surface area (TPSA) is 0 Å². The van der Waals surface area contributed by atoms with Crippen molar-refractivity contribution in [2.45, 2.75) is 77.0 Å². The van der Waals surface area contributed by atoms with Crippen LogP contribution in [0.15, 0.2) is 36.4 Å². The van der Waals surface area contributed by atoms with E-state index in [9.17, 15) is 8.78 Å². The summed E-state index contributed by atoms with van der Waals surface area (Å²) in [6.45, 7) is 2.39. The summed E-state index contributed by atoms with van der Waals surface area (Å²) in [6, 6.07) is 9.94. The molecule has 2 aliphatic rings. The van der Waals surface area contributed by atoms with Crippen LogP contribution in [0, 0.1) is 29.4 Å². The zero-order chi connectivity index (χ0) is 21.1. The van der Waals surface area contributed by atoms with Crippen molar-refractivity contribution in [3.05, 3.63) is 58.6 Å². The number of hydrogen-bond acceptors (Lipinski definition) is 0. The molecule has 0 aliphatic heterocycles. The van der Waals surface area contributed by atoms with Crippen molar-refractivity contribution in [3.63, 3.8) is 0 Å². The van der Waals surface area contributed by atoms with Gasteiger partial charge in [-0.15, -0.1) is 0 Å². The van der Waals surface area contributed by atoms with Gasteiger partial charge in [-0.05, 0) is 78.7 Å². The van der Waals surface area contributed by atoms with E-state index in [1.165, 1.54) is 63.5 Å². The lowest BCUT2D eigenvalue weighted by Gasteiger charge is -2.31. The first-order valence-corrected chi connectivity index (χ1v) is 12.1. The van der Waals surface area contributed by atoms with Gasteiger partial charge in [0.1, 0.15) is 11.6 Å². The highest BCUT2D eigenvalue weighted by Crippen LogP contribution is 2.40. The summed E-state index contributed by atoms with van der Waals surface area (Å²) in [5, 5.41) is 0.0607. The highest BCUT2D eigenvalue weighted by Gasteiger charge is 2.25. The summed E-state index contributed by atoms with van der Waals surface area (Å²) in [5.74, 6) is 2.39. The summed E-state index contributed by atoms with van der Waals surface area (Å²) < 4.78 is 28.5. The molecule has 4 rings (SSSR count). The Morgan fingerprint density at radius 1 is 0.767 bits per heavy atom. The van der Waals surface area contributed by atoms with E-state index in [0.717, 1.165) is 36.2 Å². The van der Waals surface area contributed by atoms with Gasteiger partial charge in [0.15, 0.2) is 0 Å². The molecule has 0 spiro atoms. The molecule has 2 aliphatic carbocycles. The minimum Gasteiger partial charge on any atom is -0.206 e. The normalized spacial score (nSPS) is 27.2. The Hall–Kier alpha value is -1.41. The molecule has 3 heteroatoms. The highest BCUT2D eigenvalue weighted by atomic mass is 35.5. The van der Waals surface area contributed by atoms with Crippen LogP contribution in [-0.4, -0.2) is 0 Å². The first kappa shape index (κ1) is 21.8. The van der Waals surface area contributed by atoms with E-state index in [2.05, 4.69) is 6.92 Å². The third kappa shape index (κ3) is 5.25. The van der Waals surface area contributed by atoms with Gasteiger partial charge in [0.2, 0.25) is 0 Å². The molecule has 0 amide bonds. The van der Waals surface area contributed by atoms with Crippen molar-refractivity contribution in [2.75, 3.05) is 0 Å². The van der Waals surface area contributed by atoms with Crippen LogP contribution in [-0.2, 0) is 0 Å². The molecule has 0 unspecified atom stereocenters. The number of hydrogen-bond donors (Lipinski definition) is 0. The van der Waals surface area contributed by atoms with Gasteiger partial charge in [-0.25, -0.2) is 8.78 Å². The predicted octanol–water partition coefficient (Wildman–Crippen LogP) is 9.17. The Morgan fingerprint density at radius 2 is 1.40 bits per heavy atom. The molecule has 162 valence electrons. The second kappa shape index (κ2) is 9.81. The predicted molar refractivity (Wildman–Crippen MR) is 122 cm³/mol. The zero-order valence-corrected chi connectivity index (χ0v) is 18.7. The molecule has 0 bridgehead atoms. The molecule has 0 atom stereocenters. The monoisotopic (exact) mass is 430 g/mol. The molecular formula is C27H33ClF2. The Bertz CT molecular complexity index is 846. The van der Waals surface area contributed by atoms with Crippen molar-refractivity contribution in [1.29, 1.82) is 0 Å². The smallest absolute Gasteiger partial charge is 0.142 e. The minimum absolute atomic E-state index is 0.0607. The molecule has 2 fully saturated rings. The van der Waals surface area contributed by atoms with Crippen LogP contribution in [0.4, 0.5) is 8.78 Å². The second-order valence-electron chi connectivity index (χ2n) is 9.79. The first-order chi connectivity index (χ1) is 14.5. The molecule has 30 heavy (non-hydrogen) atoms. The van der Waals surface area contributed by atoms with E-state index in [1.807, 2.05) is 6.07 Å². The molecule has 0 nitrogen and oxygen atoms in total. The molecule has 2 saturated carbocycles. The summed E-state index contributed by atoms with van der Waals surface area (Å²) in [5.41, 5.74) is 2.05. The van der Waals surface area contributed by atoms with E-state index >= 15 is 0 Å². The average Bonchev–Trinajstić information content (AvgIpc) is 2.76. The molecule has 0 radical (unpaired) electrons. The van der Waals surface area contributed by atoms with Crippen LogP contribution in [0.3, 0.4) is 0 Å². The van der Waals surface area contributed by atoms with Crippen molar-refractivity contribution in [2.24, 2.45) is 17.8 Å². The molecule has 2 aromatic rings. The maximum Gasteiger partial charge on any atom is 0.142 e. The lowest BCUT2D eigenvalue weighted by molar-refractivity contribution is 0.237. The Balaban J connectivity index is 1.31. The Kier molecular flexibility index (Phi) is 7.13. The molecule has 0 heterocycles. The van der Waals surface area contributed by atoms with Gasteiger partial charge in [0, 0.05) is 5.56 Å². The largest absolute Gasteiger partial charge is 0.206 e. The number of rotatable bonds is 5. The third-order valence-electron chi connectivity index (χ3n) is 7.66. The van der Waals surface area contributed by atoms with E-state index in [-0.39, 0.29) is 10.8 Å². The van der Waals surface area contributed by atoms with Crippen molar-refractivity contribution in [3.8, 4) is 11.1 Å². The quantitative estimate of drug-likeness (QED) is 0.443. The molecule has 0 N–H and O–H groups in total. The first-order valence-electron chi connectivity index (χ1n) is 11.7. The van der Waals surface area contributed by atoms with E-state index in [1.54, 1.807) is 18.2 Å². The van der Waals surface area contributed by atoms with Gasteiger partial charge in [-0.2, -0.15) is 0 Å². The number of halogens is 3. The molecule has 2 aromatic carbocycles. The third-order valence-corrected chi connectivity index (χ3v) is 7.97. The standard InChI is InChI=1S/C27H33ClF2/c1-18-2-4-19(5-3-18)6-7-20-8-10-21(11-9-20)22-12-14-24(26(29)16-22)23-13-15-25(28)27(30)17-23/h12-21H,2-11H2,1H3/t18-,19-,20-,21-. The van der Waals surface area contributed by atoms with Gasteiger partial charge < -0.3 is 0 Å². The SMILES string of the molecule is C[C@H]1CC[C@H](CC[C@H]2CC[C@H](c3ccc(-c4ccc(Cl)c(F)c4)c(F)c3)CC2)CC1. The van der Waals surface area contributed by atoms with Crippen LogP contribution >= 0.6 is 11.6 Å². The second-order valence-corrected chi connectivity index (χ2v) is 10.2. The fourth-order valence-electron chi connectivity index (χ4n) is 5.56. The van der Waals surface area contributed by atoms with E-state index < -0.39 is 5.82 Å². The van der Waals surface area contributed by atoms with Gasteiger partial charge in [0.25, 0.3) is 0 Å². The fourth-order valence-corrected chi connectivity index (χ4v) is 5.67. The van der Waals surface area contributed by atoms with Crippen molar-refractivity contribution < 1.29 is 8.78 Å². The van der Waals surface area contributed by atoms with Crippen LogP contribution in [0.25, 0.3) is 11.1 Å². The van der Waals surface area contributed by atoms with Crippen LogP contribution in [0.2, 0.25) is 5.02 Å². The zero-order valence-electron chi connectivity index (χ0n) is 18.0. The van der Waals surface area contributed by atoms with Gasteiger partial charge in [-0.3, -0.25) is 0 Å². The van der Waals surface area contributed by atoms with Gasteiger partial charge in [-0.1, -0.05) is 75.2 Å². The van der Waals surface area contributed by atoms with Crippen LogP contribution in [0.1, 0.15) is 82.6 Å². The Labute approximate surface area is 185 Å². The molecular weight excluding hydrogens is 398 g/mol. The molecule has 0 saturated heterocycles. The molecule has 0 aromatic heterocycles. The Morgan fingerprint density at radius 3 is 2.00 bits per heavy atom. The summed E-state index contributed by atoms with van der Waals surface area (Å²) >= 11 is 5.75. The maximum atomic E-state index is 14.8. The minimum atomic E-state index is -0.515. The van der Waals surface area contributed by atoms with Gasteiger partial charge >= 0.3 is 0 Å². The lowest BCUT2D eigenvalue weighted by atomic mass is 9.74. The van der Waals surface area contributed by atoms with Crippen LogP contribution < -0.4 is 0 Å². The van der Waals surface area contributed by atoms with E-state index in [4.69, 9.17) is 11.6 Å². The van der Waals surface area contributed by atoms with Crippen molar-refractivity contribution in [1.82, 2.24) is 0 Å². The van der Waals surface area contributed by atoms with E-state index in [0.29, 0.717) is 17.0 Å². The van der Waals surface area contributed by atoms with Crippen LogP contribution in [0.5, 0.6) is 0 Å². The summed E-state index contributed by atoms with van der Waals surface area (Å²) in [4.78, 5) is 0. The van der Waals surface area contributed by atoms with Gasteiger partial charge in [0.05, 0.1) is 5.02 Å². The summed E-state index contributed by atoms with van der Waals surface area (Å²) in [7, 11) is 0. The van der Waals surface area contributed by atoms with Crippen molar-refractivity contribution >= 4 is 11.6 Å².